The van der Waals surface area contributed by atoms with Gasteiger partial charge in [0.2, 0.25) is 0 Å². The van der Waals surface area contributed by atoms with Crippen LogP contribution in [0.1, 0.15) is 36.5 Å². The molecule has 0 radical (unpaired) electrons. The van der Waals surface area contributed by atoms with Crippen molar-refractivity contribution in [2.75, 3.05) is 6.54 Å². The van der Waals surface area contributed by atoms with Crippen LogP contribution >= 0.6 is 0 Å². The number of halogens is 3. The molecule has 2 unspecified atom stereocenters. The van der Waals surface area contributed by atoms with Gasteiger partial charge in [-0.3, -0.25) is 0 Å². The van der Waals surface area contributed by atoms with Gasteiger partial charge in [-0.15, -0.1) is 0 Å². The van der Waals surface area contributed by atoms with Gasteiger partial charge in [0.15, 0.2) is 0 Å². The second-order valence-corrected chi connectivity index (χ2v) is 4.66. The van der Waals surface area contributed by atoms with Crippen LogP contribution in [-0.4, -0.2) is 17.7 Å². The molecule has 0 aromatic heterocycles. The lowest BCUT2D eigenvalue weighted by molar-refractivity contribution is -0.137. The van der Waals surface area contributed by atoms with Crippen LogP contribution in [0.15, 0.2) is 24.3 Å². The summed E-state index contributed by atoms with van der Waals surface area (Å²) in [6.45, 7) is 0.949. The summed E-state index contributed by atoms with van der Waals surface area (Å²) in [5.74, 6) is 0. The molecule has 1 fully saturated rings. The molecule has 1 aromatic rings. The maximum atomic E-state index is 12.4. The molecule has 1 aliphatic rings. The van der Waals surface area contributed by atoms with Crippen LogP contribution in [0.25, 0.3) is 0 Å². The van der Waals surface area contributed by atoms with E-state index in [0.717, 1.165) is 31.5 Å². The zero-order valence-electron chi connectivity index (χ0n) is 9.87. The van der Waals surface area contributed by atoms with E-state index in [1.807, 2.05) is 0 Å². The predicted molar refractivity (Wildman–Crippen MR) is 62.0 cm³/mol. The SMILES string of the molecule is OC(CC1CCCN1)c1ccc(C(F)(F)F)cc1. The van der Waals surface area contributed by atoms with Crippen LogP contribution in [0.3, 0.4) is 0 Å². The Bertz CT molecular complexity index is 382. The number of hydrogen-bond donors (Lipinski definition) is 2. The summed E-state index contributed by atoms with van der Waals surface area (Å²) in [6.07, 6.45) is -2.38. The van der Waals surface area contributed by atoms with Gasteiger partial charge in [0, 0.05) is 6.04 Å². The second-order valence-electron chi connectivity index (χ2n) is 4.66. The fourth-order valence-electron chi connectivity index (χ4n) is 2.26. The lowest BCUT2D eigenvalue weighted by Gasteiger charge is -2.16. The number of alkyl halides is 3. The Hall–Kier alpha value is -1.07. The summed E-state index contributed by atoms with van der Waals surface area (Å²) in [5, 5.41) is 13.2. The van der Waals surface area contributed by atoms with Crippen molar-refractivity contribution >= 4 is 0 Å². The van der Waals surface area contributed by atoms with Gasteiger partial charge in [0.05, 0.1) is 11.7 Å². The number of benzene rings is 1. The molecule has 2 N–H and O–H groups in total. The summed E-state index contributed by atoms with van der Waals surface area (Å²) in [7, 11) is 0. The van der Waals surface area contributed by atoms with Gasteiger partial charge in [0.1, 0.15) is 0 Å². The molecule has 18 heavy (non-hydrogen) atoms. The highest BCUT2D eigenvalue weighted by molar-refractivity contribution is 5.26. The predicted octanol–water partition coefficient (Wildman–Crippen LogP) is 2.88. The molecule has 0 spiro atoms. The van der Waals surface area contributed by atoms with Gasteiger partial charge in [0.25, 0.3) is 0 Å². The smallest absolute Gasteiger partial charge is 0.388 e. The minimum Gasteiger partial charge on any atom is -0.388 e. The molecule has 0 saturated carbocycles. The van der Waals surface area contributed by atoms with Crippen molar-refractivity contribution in [1.29, 1.82) is 0 Å². The van der Waals surface area contributed by atoms with Gasteiger partial charge in [-0.1, -0.05) is 12.1 Å². The molecule has 100 valence electrons. The van der Waals surface area contributed by atoms with Gasteiger partial charge >= 0.3 is 6.18 Å². The number of aliphatic hydroxyl groups is 1. The maximum absolute atomic E-state index is 12.4. The Morgan fingerprint density at radius 2 is 1.94 bits per heavy atom. The van der Waals surface area contributed by atoms with E-state index in [2.05, 4.69) is 5.32 Å². The van der Waals surface area contributed by atoms with E-state index in [1.54, 1.807) is 0 Å². The molecule has 1 heterocycles. The van der Waals surface area contributed by atoms with E-state index in [0.29, 0.717) is 12.0 Å². The molecule has 1 aliphatic heterocycles. The van der Waals surface area contributed by atoms with Crippen molar-refractivity contribution in [3.8, 4) is 0 Å². The van der Waals surface area contributed by atoms with Crippen LogP contribution in [0.5, 0.6) is 0 Å². The van der Waals surface area contributed by atoms with Gasteiger partial charge in [-0.2, -0.15) is 13.2 Å². The zero-order valence-corrected chi connectivity index (χ0v) is 9.87. The molecule has 2 atom stereocenters. The molecular weight excluding hydrogens is 243 g/mol. The van der Waals surface area contributed by atoms with E-state index >= 15 is 0 Å². The molecular formula is C13H16F3NO. The maximum Gasteiger partial charge on any atom is 0.416 e. The first kappa shape index (κ1) is 13.4. The highest BCUT2D eigenvalue weighted by Crippen LogP contribution is 2.30. The number of hydrogen-bond acceptors (Lipinski definition) is 2. The largest absolute Gasteiger partial charge is 0.416 e. The molecule has 1 saturated heterocycles. The van der Waals surface area contributed by atoms with E-state index in [4.69, 9.17) is 0 Å². The Kier molecular flexibility index (Phi) is 3.92. The standard InChI is InChI=1S/C13H16F3NO/c14-13(15,16)10-5-3-9(4-6-10)12(18)8-11-2-1-7-17-11/h3-6,11-12,17-18H,1-2,7-8H2. The van der Waals surface area contributed by atoms with E-state index < -0.39 is 17.8 Å². The van der Waals surface area contributed by atoms with Crippen molar-refractivity contribution in [1.82, 2.24) is 5.32 Å². The van der Waals surface area contributed by atoms with Crippen LogP contribution < -0.4 is 5.32 Å². The average Bonchev–Trinajstić information content (AvgIpc) is 2.81. The molecule has 1 aromatic carbocycles. The highest BCUT2D eigenvalue weighted by atomic mass is 19.4. The van der Waals surface area contributed by atoms with Crippen molar-refractivity contribution in [3.05, 3.63) is 35.4 Å². The molecule has 2 nitrogen and oxygen atoms in total. The molecule has 2 rings (SSSR count). The third-order valence-electron chi connectivity index (χ3n) is 3.29. The number of nitrogens with one attached hydrogen (secondary N) is 1. The van der Waals surface area contributed by atoms with Crippen molar-refractivity contribution in [3.63, 3.8) is 0 Å². The van der Waals surface area contributed by atoms with Crippen LogP contribution in [0, 0.1) is 0 Å². The Morgan fingerprint density at radius 1 is 1.28 bits per heavy atom. The van der Waals surface area contributed by atoms with Crippen LogP contribution in [-0.2, 0) is 6.18 Å². The lowest BCUT2D eigenvalue weighted by Crippen LogP contribution is -2.23. The number of aliphatic hydroxyl groups excluding tert-OH is 1. The van der Waals surface area contributed by atoms with Gasteiger partial charge in [-0.05, 0) is 43.5 Å². The lowest BCUT2D eigenvalue weighted by atomic mass is 10.00. The molecule has 5 heteroatoms. The van der Waals surface area contributed by atoms with Crippen LogP contribution in [0.4, 0.5) is 13.2 Å². The summed E-state index contributed by atoms with van der Waals surface area (Å²) in [6, 6.07) is 4.99. The first-order valence-corrected chi connectivity index (χ1v) is 6.05. The van der Waals surface area contributed by atoms with Crippen molar-refractivity contribution in [2.45, 2.75) is 37.6 Å². The summed E-state index contributed by atoms with van der Waals surface area (Å²) in [4.78, 5) is 0. The van der Waals surface area contributed by atoms with E-state index in [9.17, 15) is 18.3 Å². The normalized spacial score (nSPS) is 22.1. The zero-order chi connectivity index (χ0) is 13.2. The van der Waals surface area contributed by atoms with E-state index in [-0.39, 0.29) is 6.04 Å². The monoisotopic (exact) mass is 259 g/mol. The third kappa shape index (κ3) is 3.23. The average molecular weight is 259 g/mol. The molecule has 0 aliphatic carbocycles. The number of rotatable bonds is 3. The van der Waals surface area contributed by atoms with E-state index in [1.165, 1.54) is 12.1 Å². The Morgan fingerprint density at radius 3 is 2.44 bits per heavy atom. The fourth-order valence-corrected chi connectivity index (χ4v) is 2.26. The Labute approximate surface area is 104 Å². The van der Waals surface area contributed by atoms with Crippen molar-refractivity contribution in [2.24, 2.45) is 0 Å². The topological polar surface area (TPSA) is 32.3 Å². The van der Waals surface area contributed by atoms with Crippen molar-refractivity contribution < 1.29 is 18.3 Å². The second kappa shape index (κ2) is 5.28. The molecule has 0 bridgehead atoms. The minimum absolute atomic E-state index is 0.266. The van der Waals surface area contributed by atoms with Crippen LogP contribution in [0.2, 0.25) is 0 Å². The highest BCUT2D eigenvalue weighted by Gasteiger charge is 2.30. The summed E-state index contributed by atoms with van der Waals surface area (Å²) >= 11 is 0. The van der Waals surface area contributed by atoms with Gasteiger partial charge < -0.3 is 10.4 Å². The first-order valence-electron chi connectivity index (χ1n) is 6.05. The fraction of sp³-hybridized carbons (Fsp3) is 0.538. The minimum atomic E-state index is -4.32. The summed E-state index contributed by atoms with van der Waals surface area (Å²) < 4.78 is 37.1. The third-order valence-corrected chi connectivity index (χ3v) is 3.29. The Balaban J connectivity index is 2.00. The van der Waals surface area contributed by atoms with Gasteiger partial charge in [-0.25, -0.2) is 0 Å². The summed E-state index contributed by atoms with van der Waals surface area (Å²) in [5.41, 5.74) is -0.144. The quantitative estimate of drug-likeness (QED) is 0.874. The first-order chi connectivity index (χ1) is 8.47. The molecule has 0 amide bonds.